The maximum Gasteiger partial charge on any atom is 0.0423 e. The molecule has 0 heterocycles. The molecule has 1 rings (SSSR count). The molecule has 0 bridgehead atoms. The van der Waals surface area contributed by atoms with Crippen LogP contribution in [0.5, 0.6) is 0 Å². The summed E-state index contributed by atoms with van der Waals surface area (Å²) in [5.74, 6) is 0. The number of anilines is 1. The van der Waals surface area contributed by atoms with Crippen LogP contribution in [-0.4, -0.2) is 45.7 Å². The Balaban J connectivity index is 2.80. The summed E-state index contributed by atoms with van der Waals surface area (Å²) in [6.07, 6.45) is 2.33. The second-order valence-electron chi connectivity index (χ2n) is 5.96. The van der Waals surface area contributed by atoms with Crippen LogP contribution in [0.4, 0.5) is 5.69 Å². The number of rotatable bonds is 9. The Kier molecular flexibility index (Phi) is 8.30. The normalized spacial score (nSPS) is 12.7. The highest BCUT2D eigenvalue weighted by Gasteiger charge is 2.13. The number of halogens is 1. The number of nitrogens with zero attached hydrogens (tertiary/aromatic N) is 2. The molecule has 1 N–H and O–H groups in total. The highest BCUT2D eigenvalue weighted by atomic mass is 79.9. The van der Waals surface area contributed by atoms with Crippen LogP contribution < -0.4 is 10.2 Å². The van der Waals surface area contributed by atoms with Gasteiger partial charge in [0.2, 0.25) is 0 Å². The third-order valence-corrected chi connectivity index (χ3v) is 4.16. The number of hydrogen-bond acceptors (Lipinski definition) is 3. The molecule has 1 unspecified atom stereocenters. The first-order valence-electron chi connectivity index (χ1n) is 7.84. The molecule has 1 aromatic carbocycles. The van der Waals surface area contributed by atoms with Crippen molar-refractivity contribution in [3.63, 3.8) is 0 Å². The van der Waals surface area contributed by atoms with Crippen molar-refractivity contribution in [1.82, 2.24) is 10.2 Å². The summed E-state index contributed by atoms with van der Waals surface area (Å²) in [6, 6.07) is 6.98. The van der Waals surface area contributed by atoms with Gasteiger partial charge in [0.15, 0.2) is 0 Å². The van der Waals surface area contributed by atoms with Crippen molar-refractivity contribution in [2.75, 3.05) is 45.7 Å². The first kappa shape index (κ1) is 18.5. The SMILES string of the molecule is CCCNC(C)c1ccc(Br)cc1N(C)CCCN(C)C. The van der Waals surface area contributed by atoms with Gasteiger partial charge in [-0.1, -0.05) is 28.9 Å². The predicted octanol–water partition coefficient (Wildman–Crippen LogP) is 3.90. The van der Waals surface area contributed by atoms with Gasteiger partial charge in [-0.3, -0.25) is 0 Å². The van der Waals surface area contributed by atoms with Gasteiger partial charge in [-0.15, -0.1) is 0 Å². The third-order valence-electron chi connectivity index (χ3n) is 3.67. The van der Waals surface area contributed by atoms with Gasteiger partial charge in [0.1, 0.15) is 0 Å². The lowest BCUT2D eigenvalue weighted by Crippen LogP contribution is -2.26. The quantitative estimate of drug-likeness (QED) is 0.724. The van der Waals surface area contributed by atoms with Gasteiger partial charge >= 0.3 is 0 Å². The molecule has 0 saturated heterocycles. The smallest absolute Gasteiger partial charge is 0.0423 e. The van der Waals surface area contributed by atoms with Crippen molar-refractivity contribution >= 4 is 21.6 Å². The Morgan fingerprint density at radius 3 is 2.52 bits per heavy atom. The Bertz CT molecular complexity index is 420. The number of nitrogens with one attached hydrogen (secondary N) is 1. The summed E-state index contributed by atoms with van der Waals surface area (Å²) >= 11 is 3.60. The molecule has 120 valence electrons. The summed E-state index contributed by atoms with van der Waals surface area (Å²) < 4.78 is 1.14. The molecule has 1 atom stereocenters. The van der Waals surface area contributed by atoms with Crippen molar-refractivity contribution in [1.29, 1.82) is 0 Å². The molecule has 0 fully saturated rings. The van der Waals surface area contributed by atoms with Crippen molar-refractivity contribution in [2.45, 2.75) is 32.7 Å². The molecular formula is C17H30BrN3. The van der Waals surface area contributed by atoms with E-state index in [0.29, 0.717) is 6.04 Å². The van der Waals surface area contributed by atoms with Gasteiger partial charge in [0, 0.05) is 29.8 Å². The molecule has 0 aliphatic carbocycles. The van der Waals surface area contributed by atoms with Crippen LogP contribution in [0.3, 0.4) is 0 Å². The van der Waals surface area contributed by atoms with Crippen LogP contribution in [0, 0.1) is 0 Å². The van der Waals surface area contributed by atoms with Crippen LogP contribution in [-0.2, 0) is 0 Å². The zero-order valence-electron chi connectivity index (χ0n) is 14.1. The van der Waals surface area contributed by atoms with Gasteiger partial charge in [-0.25, -0.2) is 0 Å². The minimum Gasteiger partial charge on any atom is -0.374 e. The number of benzene rings is 1. The third kappa shape index (κ3) is 6.37. The van der Waals surface area contributed by atoms with Gasteiger partial charge in [0.25, 0.3) is 0 Å². The summed E-state index contributed by atoms with van der Waals surface area (Å²) in [7, 11) is 6.44. The van der Waals surface area contributed by atoms with E-state index >= 15 is 0 Å². The molecule has 0 spiro atoms. The van der Waals surface area contributed by atoms with Gasteiger partial charge < -0.3 is 15.1 Å². The highest BCUT2D eigenvalue weighted by Crippen LogP contribution is 2.29. The molecule has 0 amide bonds. The zero-order chi connectivity index (χ0) is 15.8. The molecule has 21 heavy (non-hydrogen) atoms. The topological polar surface area (TPSA) is 18.5 Å². The lowest BCUT2D eigenvalue weighted by molar-refractivity contribution is 0.401. The second-order valence-corrected chi connectivity index (χ2v) is 6.87. The van der Waals surface area contributed by atoms with Gasteiger partial charge in [0.05, 0.1) is 0 Å². The summed E-state index contributed by atoms with van der Waals surface area (Å²) in [5, 5.41) is 3.59. The molecule has 0 aromatic heterocycles. The monoisotopic (exact) mass is 355 g/mol. The average Bonchev–Trinajstić information content (AvgIpc) is 2.44. The first-order chi connectivity index (χ1) is 9.95. The molecule has 0 saturated carbocycles. The van der Waals surface area contributed by atoms with Crippen molar-refractivity contribution in [3.05, 3.63) is 28.2 Å². The van der Waals surface area contributed by atoms with E-state index in [9.17, 15) is 0 Å². The van der Waals surface area contributed by atoms with E-state index in [1.807, 2.05) is 0 Å². The standard InChI is InChI=1S/C17H30BrN3/c1-6-10-19-14(2)16-9-8-15(18)13-17(16)21(5)12-7-11-20(3)4/h8-9,13-14,19H,6-7,10-12H2,1-5H3. The Labute approximate surface area is 138 Å². The first-order valence-corrected chi connectivity index (χ1v) is 8.63. The summed E-state index contributed by atoms with van der Waals surface area (Å²) in [5.41, 5.74) is 2.69. The Morgan fingerprint density at radius 2 is 1.90 bits per heavy atom. The Morgan fingerprint density at radius 1 is 1.19 bits per heavy atom. The van der Waals surface area contributed by atoms with Crippen LogP contribution >= 0.6 is 15.9 Å². The molecular weight excluding hydrogens is 326 g/mol. The zero-order valence-corrected chi connectivity index (χ0v) is 15.7. The van der Waals surface area contributed by atoms with E-state index in [0.717, 1.165) is 30.5 Å². The van der Waals surface area contributed by atoms with E-state index in [4.69, 9.17) is 0 Å². The van der Waals surface area contributed by atoms with Crippen molar-refractivity contribution < 1.29 is 0 Å². The molecule has 4 heteroatoms. The maximum absolute atomic E-state index is 3.60. The van der Waals surface area contributed by atoms with Crippen molar-refractivity contribution in [2.24, 2.45) is 0 Å². The Hall–Kier alpha value is -0.580. The fourth-order valence-corrected chi connectivity index (χ4v) is 2.78. The number of hydrogen-bond donors (Lipinski definition) is 1. The second kappa shape index (κ2) is 9.44. The van der Waals surface area contributed by atoms with E-state index in [2.05, 4.69) is 84.2 Å². The minimum absolute atomic E-state index is 0.379. The van der Waals surface area contributed by atoms with Crippen LogP contribution in [0.15, 0.2) is 22.7 Å². The summed E-state index contributed by atoms with van der Waals surface area (Å²) in [6.45, 7) is 7.70. The van der Waals surface area contributed by atoms with Gasteiger partial charge in [-0.2, -0.15) is 0 Å². The van der Waals surface area contributed by atoms with Crippen molar-refractivity contribution in [3.8, 4) is 0 Å². The van der Waals surface area contributed by atoms with E-state index < -0.39 is 0 Å². The van der Waals surface area contributed by atoms with Crippen LogP contribution in [0.2, 0.25) is 0 Å². The molecule has 0 radical (unpaired) electrons. The fourth-order valence-electron chi connectivity index (χ4n) is 2.43. The van der Waals surface area contributed by atoms with E-state index in [1.54, 1.807) is 0 Å². The van der Waals surface area contributed by atoms with Gasteiger partial charge in [-0.05, 0) is 64.6 Å². The molecule has 3 nitrogen and oxygen atoms in total. The lowest BCUT2D eigenvalue weighted by atomic mass is 10.0. The highest BCUT2D eigenvalue weighted by molar-refractivity contribution is 9.10. The van der Waals surface area contributed by atoms with Crippen LogP contribution in [0.1, 0.15) is 38.3 Å². The molecule has 1 aromatic rings. The van der Waals surface area contributed by atoms with Crippen LogP contribution in [0.25, 0.3) is 0 Å². The predicted molar refractivity (Wildman–Crippen MR) is 97.3 cm³/mol. The molecule has 0 aliphatic heterocycles. The molecule has 0 aliphatic rings. The lowest BCUT2D eigenvalue weighted by Gasteiger charge is -2.26. The summed E-state index contributed by atoms with van der Waals surface area (Å²) in [4.78, 5) is 4.61. The minimum atomic E-state index is 0.379. The average molecular weight is 356 g/mol. The fraction of sp³-hybridized carbons (Fsp3) is 0.647. The van der Waals surface area contributed by atoms with E-state index in [1.165, 1.54) is 17.7 Å². The van der Waals surface area contributed by atoms with E-state index in [-0.39, 0.29) is 0 Å². The largest absolute Gasteiger partial charge is 0.374 e. The maximum atomic E-state index is 3.60.